The summed E-state index contributed by atoms with van der Waals surface area (Å²) in [7, 11) is 0. The smallest absolute Gasteiger partial charge is 0.0383 e. The summed E-state index contributed by atoms with van der Waals surface area (Å²) in [5.41, 5.74) is 0. The first-order valence-corrected chi connectivity index (χ1v) is 3.62. The van der Waals surface area contributed by atoms with Gasteiger partial charge in [-0.15, -0.1) is 0 Å². The van der Waals surface area contributed by atoms with Gasteiger partial charge in [0, 0.05) is 0 Å². The van der Waals surface area contributed by atoms with Crippen molar-refractivity contribution in [2.45, 2.75) is 33.1 Å². The lowest BCUT2D eigenvalue weighted by Crippen LogP contribution is -2.01. The molecule has 0 aromatic heterocycles. The average Bonchev–Trinajstić information content (AvgIpc) is 2.12. The Bertz CT molecular complexity index is 58.4. The molecule has 0 heteroatoms. The zero-order chi connectivity index (χ0) is 5.98. The second-order valence-corrected chi connectivity index (χ2v) is 3.11. The van der Waals surface area contributed by atoms with Crippen LogP contribution >= 0.6 is 0 Å². The Labute approximate surface area is 52.3 Å². The van der Waals surface area contributed by atoms with E-state index < -0.39 is 0 Å². The maximum absolute atomic E-state index is 2.42. The van der Waals surface area contributed by atoms with Crippen molar-refractivity contribution in [2.75, 3.05) is 0 Å². The maximum Gasteiger partial charge on any atom is -0.0383 e. The molecule has 0 heterocycles. The van der Waals surface area contributed by atoms with E-state index in [4.69, 9.17) is 0 Å². The molecule has 1 aliphatic rings. The quantitative estimate of drug-likeness (QED) is 0.488. The highest BCUT2D eigenvalue weighted by Gasteiger charge is 2.17. The van der Waals surface area contributed by atoms with Gasteiger partial charge in [0.05, 0.1) is 0 Å². The average molecular weight is 111 g/mol. The molecule has 0 amide bonds. The molecule has 0 aromatic rings. The van der Waals surface area contributed by atoms with Crippen molar-refractivity contribution in [1.29, 1.82) is 0 Å². The highest BCUT2D eigenvalue weighted by atomic mass is 14.2. The van der Waals surface area contributed by atoms with Gasteiger partial charge in [-0.25, -0.2) is 0 Å². The molecule has 0 aromatic carbocycles. The van der Waals surface area contributed by atoms with Crippen LogP contribution in [0.1, 0.15) is 33.1 Å². The van der Waals surface area contributed by atoms with Gasteiger partial charge in [0.15, 0.2) is 0 Å². The molecule has 0 N–H and O–H groups in total. The molecule has 47 valence electrons. The van der Waals surface area contributed by atoms with Gasteiger partial charge < -0.3 is 0 Å². The predicted octanol–water partition coefficient (Wildman–Crippen LogP) is 2.65. The monoisotopic (exact) mass is 111 g/mol. The maximum atomic E-state index is 2.42. The summed E-state index contributed by atoms with van der Waals surface area (Å²) in [4.78, 5) is 0. The van der Waals surface area contributed by atoms with Crippen molar-refractivity contribution >= 4 is 0 Å². The fourth-order valence-electron chi connectivity index (χ4n) is 1.39. The van der Waals surface area contributed by atoms with Crippen LogP contribution in [0.25, 0.3) is 0 Å². The van der Waals surface area contributed by atoms with Gasteiger partial charge in [0.2, 0.25) is 0 Å². The van der Waals surface area contributed by atoms with Crippen LogP contribution in [-0.4, -0.2) is 0 Å². The molecule has 0 bridgehead atoms. The highest BCUT2D eigenvalue weighted by molar-refractivity contribution is 4.81. The normalized spacial score (nSPS) is 22.9. The molecule has 1 atom stereocenters. The molecule has 1 radical (unpaired) electrons. The summed E-state index contributed by atoms with van der Waals surface area (Å²) >= 11 is 0. The van der Waals surface area contributed by atoms with Crippen LogP contribution in [0, 0.1) is 18.3 Å². The van der Waals surface area contributed by atoms with Gasteiger partial charge in [0.1, 0.15) is 0 Å². The van der Waals surface area contributed by atoms with E-state index in [0.717, 1.165) is 11.8 Å². The Hall–Kier alpha value is 0. The van der Waals surface area contributed by atoms with Crippen LogP contribution in [0.15, 0.2) is 0 Å². The van der Waals surface area contributed by atoms with E-state index >= 15 is 0 Å². The zero-order valence-corrected chi connectivity index (χ0v) is 5.85. The molecule has 0 aliphatic heterocycles. The lowest BCUT2D eigenvalue weighted by atomic mass is 9.95. The van der Waals surface area contributed by atoms with E-state index in [-0.39, 0.29) is 0 Å². The first-order chi connectivity index (χ1) is 3.80. The van der Waals surface area contributed by atoms with Gasteiger partial charge in [-0.05, 0) is 37.5 Å². The van der Waals surface area contributed by atoms with Crippen LogP contribution in [0.5, 0.6) is 0 Å². The van der Waals surface area contributed by atoms with E-state index in [9.17, 15) is 0 Å². The van der Waals surface area contributed by atoms with Crippen molar-refractivity contribution in [1.82, 2.24) is 0 Å². The predicted molar refractivity (Wildman–Crippen MR) is 36.5 cm³/mol. The summed E-state index contributed by atoms with van der Waals surface area (Å²) in [6.45, 7) is 4.65. The molecule has 1 rings (SSSR count). The molecule has 0 spiro atoms. The SMILES string of the molecule is CC(C)C1C[CH]CC1. The van der Waals surface area contributed by atoms with Gasteiger partial charge in [-0.2, -0.15) is 0 Å². The first kappa shape index (κ1) is 6.12. The van der Waals surface area contributed by atoms with Crippen LogP contribution < -0.4 is 0 Å². The van der Waals surface area contributed by atoms with Crippen LogP contribution in [0.3, 0.4) is 0 Å². The topological polar surface area (TPSA) is 0 Å². The molecule has 1 aliphatic carbocycles. The third kappa shape index (κ3) is 1.24. The number of hydrogen-bond donors (Lipinski definition) is 0. The third-order valence-corrected chi connectivity index (χ3v) is 2.15. The Kier molecular flexibility index (Phi) is 1.93. The third-order valence-electron chi connectivity index (χ3n) is 2.15. The minimum atomic E-state index is 0.911. The fourth-order valence-corrected chi connectivity index (χ4v) is 1.39. The standard InChI is InChI=1S/C8H15/c1-7(2)8-5-3-4-6-8/h3,7-8H,4-6H2,1-2H3. The van der Waals surface area contributed by atoms with E-state index in [0.29, 0.717) is 0 Å². The molecule has 0 saturated heterocycles. The first-order valence-electron chi connectivity index (χ1n) is 3.62. The summed E-state index contributed by atoms with van der Waals surface area (Å²) in [6, 6.07) is 0. The van der Waals surface area contributed by atoms with Gasteiger partial charge in [-0.3, -0.25) is 0 Å². The molecule has 0 nitrogen and oxygen atoms in total. The van der Waals surface area contributed by atoms with E-state index in [1.54, 1.807) is 0 Å². The molecule has 8 heavy (non-hydrogen) atoms. The zero-order valence-electron chi connectivity index (χ0n) is 5.85. The molecular formula is C8H15. The second kappa shape index (κ2) is 2.52. The number of hydrogen-bond acceptors (Lipinski definition) is 0. The van der Waals surface area contributed by atoms with Crippen LogP contribution in [0.2, 0.25) is 0 Å². The van der Waals surface area contributed by atoms with Crippen molar-refractivity contribution in [3.05, 3.63) is 6.42 Å². The summed E-state index contributed by atoms with van der Waals surface area (Å²) in [6.07, 6.45) is 6.60. The van der Waals surface area contributed by atoms with Crippen molar-refractivity contribution in [2.24, 2.45) is 11.8 Å². The second-order valence-electron chi connectivity index (χ2n) is 3.11. The molecule has 1 unspecified atom stereocenters. The Morgan fingerprint density at radius 2 is 2.25 bits per heavy atom. The summed E-state index contributed by atoms with van der Waals surface area (Å²) in [5.74, 6) is 1.92. The minimum absolute atomic E-state index is 0.911. The Morgan fingerprint density at radius 1 is 1.50 bits per heavy atom. The lowest BCUT2D eigenvalue weighted by Gasteiger charge is -2.11. The van der Waals surface area contributed by atoms with E-state index in [2.05, 4.69) is 20.3 Å². The van der Waals surface area contributed by atoms with Crippen molar-refractivity contribution in [3.63, 3.8) is 0 Å². The Balaban J connectivity index is 2.24. The van der Waals surface area contributed by atoms with Crippen molar-refractivity contribution < 1.29 is 0 Å². The lowest BCUT2D eigenvalue weighted by molar-refractivity contribution is 0.401. The van der Waals surface area contributed by atoms with E-state index in [1.165, 1.54) is 19.3 Å². The molecule has 1 fully saturated rings. The van der Waals surface area contributed by atoms with Crippen LogP contribution in [-0.2, 0) is 0 Å². The van der Waals surface area contributed by atoms with Gasteiger partial charge >= 0.3 is 0 Å². The van der Waals surface area contributed by atoms with Gasteiger partial charge in [-0.1, -0.05) is 13.8 Å². The highest BCUT2D eigenvalue weighted by Crippen LogP contribution is 2.29. The number of rotatable bonds is 1. The Morgan fingerprint density at radius 3 is 2.50 bits per heavy atom. The minimum Gasteiger partial charge on any atom is -0.0625 e. The summed E-state index contributed by atoms with van der Waals surface area (Å²) in [5, 5.41) is 0. The van der Waals surface area contributed by atoms with Gasteiger partial charge in [0.25, 0.3) is 0 Å². The largest absolute Gasteiger partial charge is 0.0625 e. The molecular weight excluding hydrogens is 96.1 g/mol. The van der Waals surface area contributed by atoms with Crippen LogP contribution in [0.4, 0.5) is 0 Å². The summed E-state index contributed by atoms with van der Waals surface area (Å²) < 4.78 is 0. The van der Waals surface area contributed by atoms with E-state index in [1.807, 2.05) is 0 Å². The van der Waals surface area contributed by atoms with Crippen molar-refractivity contribution in [3.8, 4) is 0 Å². The fraction of sp³-hybridized carbons (Fsp3) is 0.875. The molecule has 1 saturated carbocycles.